The quantitative estimate of drug-likeness (QED) is 0.802. The molecule has 0 bridgehead atoms. The van der Waals surface area contributed by atoms with Crippen LogP contribution >= 0.6 is 11.6 Å². The second-order valence-electron chi connectivity index (χ2n) is 5.96. The van der Waals surface area contributed by atoms with Crippen LogP contribution in [0.5, 0.6) is 5.75 Å². The third kappa shape index (κ3) is 3.35. The van der Waals surface area contributed by atoms with E-state index in [0.717, 1.165) is 30.1 Å². The lowest BCUT2D eigenvalue weighted by Gasteiger charge is -2.24. The minimum absolute atomic E-state index is 0.171. The molecule has 0 spiro atoms. The van der Waals surface area contributed by atoms with E-state index in [1.54, 1.807) is 0 Å². The second-order valence-corrected chi connectivity index (χ2v) is 6.35. The summed E-state index contributed by atoms with van der Waals surface area (Å²) in [6, 6.07) is 10.0. The number of rotatable bonds is 3. The zero-order chi connectivity index (χ0) is 14.8. The van der Waals surface area contributed by atoms with Crippen molar-refractivity contribution < 1.29 is 4.74 Å². The number of para-hydroxylation sites is 1. The Morgan fingerprint density at radius 2 is 2.10 bits per heavy atom. The van der Waals surface area contributed by atoms with Gasteiger partial charge in [-0.05, 0) is 36.5 Å². The molecule has 110 valence electrons. The predicted molar refractivity (Wildman–Crippen MR) is 84.0 cm³/mol. The van der Waals surface area contributed by atoms with Crippen LogP contribution in [0.25, 0.3) is 0 Å². The molecule has 0 N–H and O–H groups in total. The van der Waals surface area contributed by atoms with Crippen LogP contribution < -0.4 is 4.74 Å². The minimum atomic E-state index is 0.171. The highest BCUT2D eigenvalue weighted by atomic mass is 35.5. The van der Waals surface area contributed by atoms with Gasteiger partial charge in [-0.15, -0.1) is 0 Å². The maximum absolute atomic E-state index is 6.16. The molecular formula is C17H19ClN2O. The Bertz CT molecular complexity index is 642. The summed E-state index contributed by atoms with van der Waals surface area (Å²) in [7, 11) is 0. The molecule has 1 unspecified atom stereocenters. The summed E-state index contributed by atoms with van der Waals surface area (Å²) in [6.07, 6.45) is 1.82. The highest BCUT2D eigenvalue weighted by molar-refractivity contribution is 6.29. The fourth-order valence-electron chi connectivity index (χ4n) is 2.68. The Hall–Kier alpha value is -1.61. The van der Waals surface area contributed by atoms with Gasteiger partial charge in [0.2, 0.25) is 0 Å². The molecule has 1 aliphatic rings. The van der Waals surface area contributed by atoms with Crippen LogP contribution in [0.3, 0.4) is 0 Å². The van der Waals surface area contributed by atoms with E-state index >= 15 is 0 Å². The summed E-state index contributed by atoms with van der Waals surface area (Å²) in [5, 5.41) is 0.523. The smallest absolute Gasteiger partial charge is 0.137 e. The average Bonchev–Trinajstić information content (AvgIpc) is 2.45. The lowest BCUT2D eigenvalue weighted by molar-refractivity contribution is 0.257. The summed E-state index contributed by atoms with van der Waals surface area (Å²) in [6.45, 7) is 4.96. The molecule has 3 nitrogen and oxygen atoms in total. The van der Waals surface area contributed by atoms with E-state index in [4.69, 9.17) is 21.3 Å². The van der Waals surface area contributed by atoms with Gasteiger partial charge in [0.1, 0.15) is 16.7 Å². The molecule has 0 radical (unpaired) electrons. The van der Waals surface area contributed by atoms with Crippen molar-refractivity contribution in [2.75, 3.05) is 6.61 Å². The molecule has 1 aliphatic heterocycles. The number of hydrogen-bond donors (Lipinski definition) is 0. The zero-order valence-corrected chi connectivity index (χ0v) is 13.1. The first-order valence-electron chi connectivity index (χ1n) is 7.36. The number of aromatic nitrogens is 2. The lowest BCUT2D eigenvalue weighted by Crippen LogP contribution is -2.21. The van der Waals surface area contributed by atoms with Crippen LogP contribution in [-0.2, 0) is 12.8 Å². The highest BCUT2D eigenvalue weighted by Gasteiger charge is 2.24. The third-order valence-electron chi connectivity index (χ3n) is 3.63. The molecule has 0 saturated carbocycles. The van der Waals surface area contributed by atoms with Gasteiger partial charge in [0.15, 0.2) is 0 Å². The Morgan fingerprint density at radius 1 is 1.29 bits per heavy atom. The van der Waals surface area contributed by atoms with Crippen LogP contribution in [0, 0.1) is 5.92 Å². The number of nitrogens with zero attached hydrogens (tertiary/aromatic N) is 2. The molecule has 3 rings (SSSR count). The van der Waals surface area contributed by atoms with Crippen molar-refractivity contribution in [1.29, 1.82) is 0 Å². The molecular weight excluding hydrogens is 284 g/mol. The summed E-state index contributed by atoms with van der Waals surface area (Å²) < 4.78 is 5.83. The molecule has 2 heterocycles. The first-order valence-corrected chi connectivity index (χ1v) is 7.73. The summed E-state index contributed by atoms with van der Waals surface area (Å²) >= 11 is 6.16. The standard InChI is InChI=1S/C17H19ClN2O/c1-11(2)7-14-9-16(18)20-17(19-14)13-8-12-5-3-4-6-15(12)21-10-13/h3-6,9,11,13H,7-8,10H2,1-2H3. The summed E-state index contributed by atoms with van der Waals surface area (Å²) in [5.74, 6) is 2.49. The molecule has 0 aliphatic carbocycles. The summed E-state index contributed by atoms with van der Waals surface area (Å²) in [4.78, 5) is 9.11. The van der Waals surface area contributed by atoms with Crippen LogP contribution in [0.1, 0.15) is 36.8 Å². The molecule has 1 aromatic heterocycles. The Morgan fingerprint density at radius 3 is 2.90 bits per heavy atom. The zero-order valence-electron chi connectivity index (χ0n) is 12.3. The molecule has 2 aromatic rings. The number of fused-ring (bicyclic) bond motifs is 1. The van der Waals surface area contributed by atoms with E-state index in [-0.39, 0.29) is 5.92 Å². The van der Waals surface area contributed by atoms with Gasteiger partial charge in [0, 0.05) is 5.69 Å². The minimum Gasteiger partial charge on any atom is -0.493 e. The van der Waals surface area contributed by atoms with Gasteiger partial charge in [0.05, 0.1) is 12.5 Å². The number of hydrogen-bond acceptors (Lipinski definition) is 3. The summed E-state index contributed by atoms with van der Waals surface area (Å²) in [5.41, 5.74) is 2.22. The van der Waals surface area contributed by atoms with Gasteiger partial charge in [-0.25, -0.2) is 9.97 Å². The second kappa shape index (κ2) is 6.02. The van der Waals surface area contributed by atoms with E-state index in [1.165, 1.54) is 5.56 Å². The lowest BCUT2D eigenvalue weighted by atomic mass is 9.96. The van der Waals surface area contributed by atoms with Crippen molar-refractivity contribution in [1.82, 2.24) is 9.97 Å². The highest BCUT2D eigenvalue weighted by Crippen LogP contribution is 2.31. The maximum Gasteiger partial charge on any atom is 0.137 e. The Labute approximate surface area is 130 Å². The van der Waals surface area contributed by atoms with E-state index in [2.05, 4.69) is 24.9 Å². The van der Waals surface area contributed by atoms with Crippen molar-refractivity contribution in [3.05, 3.63) is 52.6 Å². The maximum atomic E-state index is 6.16. The topological polar surface area (TPSA) is 35.0 Å². The van der Waals surface area contributed by atoms with Crippen LogP contribution in [0.2, 0.25) is 5.15 Å². The van der Waals surface area contributed by atoms with Crippen molar-refractivity contribution in [3.8, 4) is 5.75 Å². The largest absolute Gasteiger partial charge is 0.493 e. The average molecular weight is 303 g/mol. The SMILES string of the molecule is CC(C)Cc1cc(Cl)nc(C2COc3ccccc3C2)n1. The van der Waals surface area contributed by atoms with Gasteiger partial charge >= 0.3 is 0 Å². The molecule has 0 amide bonds. The fraction of sp³-hybridized carbons (Fsp3) is 0.412. The van der Waals surface area contributed by atoms with Crippen molar-refractivity contribution in [3.63, 3.8) is 0 Å². The van der Waals surface area contributed by atoms with Gasteiger partial charge < -0.3 is 4.74 Å². The van der Waals surface area contributed by atoms with E-state index in [1.807, 2.05) is 24.3 Å². The monoisotopic (exact) mass is 302 g/mol. The van der Waals surface area contributed by atoms with Crippen molar-refractivity contribution in [2.45, 2.75) is 32.6 Å². The molecule has 21 heavy (non-hydrogen) atoms. The van der Waals surface area contributed by atoms with Crippen molar-refractivity contribution in [2.24, 2.45) is 5.92 Å². The van der Waals surface area contributed by atoms with Crippen LogP contribution in [-0.4, -0.2) is 16.6 Å². The number of ether oxygens (including phenoxy) is 1. The number of halogens is 1. The fourth-order valence-corrected chi connectivity index (χ4v) is 2.90. The van der Waals surface area contributed by atoms with E-state index in [0.29, 0.717) is 17.7 Å². The first kappa shape index (κ1) is 14.3. The Kier molecular flexibility index (Phi) is 4.11. The van der Waals surface area contributed by atoms with Crippen LogP contribution in [0.15, 0.2) is 30.3 Å². The van der Waals surface area contributed by atoms with Crippen molar-refractivity contribution >= 4 is 11.6 Å². The van der Waals surface area contributed by atoms with Gasteiger partial charge in [-0.2, -0.15) is 0 Å². The molecule has 1 aromatic carbocycles. The van der Waals surface area contributed by atoms with Gasteiger partial charge in [-0.1, -0.05) is 43.6 Å². The van der Waals surface area contributed by atoms with E-state index in [9.17, 15) is 0 Å². The van der Waals surface area contributed by atoms with Gasteiger partial charge in [0.25, 0.3) is 0 Å². The molecule has 0 saturated heterocycles. The Balaban J connectivity index is 1.86. The first-order chi connectivity index (χ1) is 10.1. The third-order valence-corrected chi connectivity index (χ3v) is 3.82. The molecule has 1 atom stereocenters. The normalized spacial score (nSPS) is 17.4. The molecule has 4 heteroatoms. The molecule has 0 fully saturated rings. The van der Waals surface area contributed by atoms with Crippen LogP contribution in [0.4, 0.5) is 0 Å². The van der Waals surface area contributed by atoms with Gasteiger partial charge in [-0.3, -0.25) is 0 Å². The van der Waals surface area contributed by atoms with E-state index < -0.39 is 0 Å². The predicted octanol–water partition coefficient (Wildman–Crippen LogP) is 4.05. The number of benzene rings is 1.